The van der Waals surface area contributed by atoms with Crippen molar-refractivity contribution in [2.75, 3.05) is 5.32 Å². The van der Waals surface area contributed by atoms with E-state index >= 15 is 0 Å². The molecule has 3 N–H and O–H groups in total. The van der Waals surface area contributed by atoms with E-state index in [0.29, 0.717) is 18.5 Å². The highest BCUT2D eigenvalue weighted by Crippen LogP contribution is 2.34. The molecule has 2 heterocycles. The van der Waals surface area contributed by atoms with Crippen LogP contribution >= 0.6 is 24.8 Å². The number of nitrogens with two attached hydrogens (primary N) is 1. The van der Waals surface area contributed by atoms with Crippen LogP contribution in [-0.4, -0.2) is 25.8 Å². The number of hydrogen-bond donors (Lipinski definition) is 2. The molecule has 1 aromatic carbocycles. The van der Waals surface area contributed by atoms with Crippen molar-refractivity contribution in [3.63, 3.8) is 0 Å². The Balaban J connectivity index is 0.00000121. The Morgan fingerprint density at radius 3 is 2.65 bits per heavy atom. The molecule has 138 valence electrons. The van der Waals surface area contributed by atoms with Gasteiger partial charge in [-0.1, -0.05) is 18.2 Å². The Kier molecular flexibility index (Phi) is 6.97. The average molecular weight is 393 g/mol. The van der Waals surface area contributed by atoms with Gasteiger partial charge in [-0.25, -0.2) is 14.6 Å². The van der Waals surface area contributed by atoms with Crippen molar-refractivity contribution in [3.8, 4) is 5.69 Å². The number of para-hydroxylation sites is 1. The molecule has 1 saturated carbocycles. The van der Waals surface area contributed by atoms with Crippen molar-refractivity contribution in [1.29, 1.82) is 0 Å². The molecular formula is C18H22Cl2N6. The number of benzene rings is 1. The molecule has 1 aliphatic carbocycles. The Hall–Kier alpha value is -2.15. The molecule has 0 amide bonds. The van der Waals surface area contributed by atoms with E-state index in [4.69, 9.17) is 5.73 Å². The third-order valence-corrected chi connectivity index (χ3v) is 4.48. The van der Waals surface area contributed by atoms with Crippen LogP contribution in [0.2, 0.25) is 0 Å². The Bertz CT molecular complexity index is 818. The van der Waals surface area contributed by atoms with Crippen LogP contribution in [0.15, 0.2) is 55.1 Å². The minimum Gasteiger partial charge on any atom is -0.366 e. The van der Waals surface area contributed by atoms with Gasteiger partial charge in [0.25, 0.3) is 0 Å². The first-order valence-corrected chi connectivity index (χ1v) is 8.19. The molecule has 0 aliphatic heterocycles. The zero-order chi connectivity index (χ0) is 16.4. The quantitative estimate of drug-likeness (QED) is 0.695. The molecule has 4 rings (SSSR count). The lowest BCUT2D eigenvalue weighted by Crippen LogP contribution is -2.35. The van der Waals surface area contributed by atoms with E-state index in [2.05, 4.69) is 32.5 Å². The van der Waals surface area contributed by atoms with Gasteiger partial charge in [0.05, 0.1) is 5.69 Å². The van der Waals surface area contributed by atoms with E-state index < -0.39 is 0 Å². The van der Waals surface area contributed by atoms with Crippen LogP contribution in [0.4, 0.5) is 5.82 Å². The second kappa shape index (κ2) is 8.98. The summed E-state index contributed by atoms with van der Waals surface area (Å²) in [5.74, 6) is 1.32. The second-order valence-corrected chi connectivity index (χ2v) is 6.19. The molecule has 0 radical (unpaired) electrons. The first-order chi connectivity index (χ1) is 11.8. The minimum atomic E-state index is 0. The third-order valence-electron chi connectivity index (χ3n) is 4.48. The van der Waals surface area contributed by atoms with Gasteiger partial charge in [0.2, 0.25) is 0 Å². The molecular weight excluding hydrogens is 371 g/mol. The lowest BCUT2D eigenvalue weighted by atomic mass is 9.79. The summed E-state index contributed by atoms with van der Waals surface area (Å²) in [6, 6.07) is 12.5. The molecule has 0 atom stereocenters. The fourth-order valence-corrected chi connectivity index (χ4v) is 3.08. The smallest absolute Gasteiger partial charge is 0.129 e. The molecule has 0 saturated heterocycles. The predicted molar refractivity (Wildman–Crippen MR) is 107 cm³/mol. The van der Waals surface area contributed by atoms with Gasteiger partial charge >= 0.3 is 0 Å². The van der Waals surface area contributed by atoms with Crippen LogP contribution < -0.4 is 11.1 Å². The van der Waals surface area contributed by atoms with Crippen LogP contribution in [0.1, 0.15) is 30.0 Å². The Morgan fingerprint density at radius 1 is 1.12 bits per heavy atom. The lowest BCUT2D eigenvalue weighted by molar-refractivity contribution is 0.345. The zero-order valence-electron chi connectivity index (χ0n) is 14.2. The molecule has 3 aromatic rings. The maximum Gasteiger partial charge on any atom is 0.129 e. The van der Waals surface area contributed by atoms with Gasteiger partial charge in [-0.15, -0.1) is 24.8 Å². The van der Waals surface area contributed by atoms with Crippen LogP contribution in [0, 0.1) is 0 Å². The first kappa shape index (κ1) is 20.2. The minimum absolute atomic E-state index is 0. The number of nitrogens with one attached hydrogen (secondary N) is 1. The van der Waals surface area contributed by atoms with Crippen molar-refractivity contribution in [3.05, 3.63) is 66.4 Å². The summed E-state index contributed by atoms with van der Waals surface area (Å²) >= 11 is 0. The van der Waals surface area contributed by atoms with Crippen molar-refractivity contribution in [2.45, 2.75) is 31.3 Å². The van der Waals surface area contributed by atoms with Crippen LogP contribution in [-0.2, 0) is 6.54 Å². The van der Waals surface area contributed by atoms with E-state index in [1.165, 1.54) is 0 Å². The maximum absolute atomic E-state index is 5.87. The molecule has 2 aromatic heterocycles. The van der Waals surface area contributed by atoms with Gasteiger partial charge in [0, 0.05) is 42.7 Å². The van der Waals surface area contributed by atoms with Gasteiger partial charge < -0.3 is 11.1 Å². The summed E-state index contributed by atoms with van der Waals surface area (Å²) < 4.78 is 1.87. The molecule has 1 aliphatic rings. The van der Waals surface area contributed by atoms with Crippen molar-refractivity contribution >= 4 is 30.6 Å². The highest BCUT2D eigenvalue weighted by atomic mass is 35.5. The van der Waals surface area contributed by atoms with Crippen molar-refractivity contribution in [2.24, 2.45) is 5.73 Å². The summed E-state index contributed by atoms with van der Waals surface area (Å²) in [4.78, 5) is 8.72. The molecule has 0 spiro atoms. The topological polar surface area (TPSA) is 81.6 Å². The lowest BCUT2D eigenvalue weighted by Gasteiger charge is -2.31. The average Bonchev–Trinajstić information content (AvgIpc) is 3.12. The summed E-state index contributed by atoms with van der Waals surface area (Å²) in [6.07, 6.45) is 7.38. The molecule has 26 heavy (non-hydrogen) atoms. The number of anilines is 1. The van der Waals surface area contributed by atoms with Crippen LogP contribution in [0.25, 0.3) is 5.69 Å². The number of aromatic nitrogens is 4. The monoisotopic (exact) mass is 392 g/mol. The van der Waals surface area contributed by atoms with Gasteiger partial charge in [-0.3, -0.25) is 0 Å². The number of rotatable bonds is 5. The van der Waals surface area contributed by atoms with Gasteiger partial charge in [0.15, 0.2) is 0 Å². The summed E-state index contributed by atoms with van der Waals surface area (Å²) in [5.41, 5.74) is 9.18. The second-order valence-electron chi connectivity index (χ2n) is 6.19. The summed E-state index contributed by atoms with van der Waals surface area (Å²) in [6.45, 7) is 0.677. The van der Waals surface area contributed by atoms with Gasteiger partial charge in [-0.2, -0.15) is 5.10 Å². The first-order valence-electron chi connectivity index (χ1n) is 8.19. The fraction of sp³-hybridized carbons (Fsp3) is 0.278. The molecule has 8 heteroatoms. The largest absolute Gasteiger partial charge is 0.366 e. The number of nitrogens with zero attached hydrogens (tertiary/aromatic N) is 4. The highest BCUT2D eigenvalue weighted by molar-refractivity contribution is 5.85. The fourth-order valence-electron chi connectivity index (χ4n) is 3.08. The highest BCUT2D eigenvalue weighted by Gasteiger charge is 2.28. The number of hydrogen-bond acceptors (Lipinski definition) is 5. The molecule has 6 nitrogen and oxygen atoms in total. The number of halogens is 2. The van der Waals surface area contributed by atoms with Crippen molar-refractivity contribution in [1.82, 2.24) is 19.7 Å². The molecule has 0 unspecified atom stereocenters. The SMILES string of the molecule is Cl.Cl.NC1CC(c2cc(NCc3ccccc3-n3cccn3)ncn2)C1. The molecule has 0 bridgehead atoms. The summed E-state index contributed by atoms with van der Waals surface area (Å²) in [5, 5.41) is 7.71. The van der Waals surface area contributed by atoms with Gasteiger partial charge in [0.1, 0.15) is 12.1 Å². The van der Waals surface area contributed by atoms with E-state index in [-0.39, 0.29) is 24.8 Å². The Labute approximate surface area is 165 Å². The van der Waals surface area contributed by atoms with E-state index in [9.17, 15) is 0 Å². The van der Waals surface area contributed by atoms with Crippen molar-refractivity contribution < 1.29 is 0 Å². The van der Waals surface area contributed by atoms with Crippen LogP contribution in [0.3, 0.4) is 0 Å². The third kappa shape index (κ3) is 4.33. The maximum atomic E-state index is 5.87. The predicted octanol–water partition coefficient (Wildman–Crippen LogP) is 3.32. The molecule has 1 fully saturated rings. The van der Waals surface area contributed by atoms with Gasteiger partial charge in [-0.05, 0) is 30.5 Å². The summed E-state index contributed by atoms with van der Waals surface area (Å²) in [7, 11) is 0. The van der Waals surface area contributed by atoms with Crippen LogP contribution in [0.5, 0.6) is 0 Å². The Morgan fingerprint density at radius 2 is 1.92 bits per heavy atom. The normalized spacial score (nSPS) is 18.2. The zero-order valence-corrected chi connectivity index (χ0v) is 15.8. The van der Waals surface area contributed by atoms with E-state index in [1.54, 1.807) is 12.5 Å². The van der Waals surface area contributed by atoms with E-state index in [0.717, 1.165) is 35.6 Å². The van der Waals surface area contributed by atoms with E-state index in [1.807, 2.05) is 35.1 Å². The standard InChI is InChI=1S/C18H20N6.2ClH/c19-15-8-14(9-15)16-10-18(22-12-21-16)20-11-13-4-1-2-5-17(13)24-7-3-6-23-24;;/h1-7,10,12,14-15H,8-9,11,19H2,(H,20,21,22);2*1H.